The van der Waals surface area contributed by atoms with Crippen molar-refractivity contribution in [3.63, 3.8) is 0 Å². The Morgan fingerprint density at radius 3 is 2.81 bits per heavy atom. The Kier molecular flexibility index (Phi) is 3.33. The molecule has 1 fully saturated rings. The van der Waals surface area contributed by atoms with Gasteiger partial charge >= 0.3 is 0 Å². The lowest BCUT2D eigenvalue weighted by molar-refractivity contribution is -0.126. The Bertz CT molecular complexity index is 292. The summed E-state index contributed by atoms with van der Waals surface area (Å²) in [6.07, 6.45) is 9.00. The molecule has 0 aliphatic heterocycles. The zero-order chi connectivity index (χ0) is 11.6. The Labute approximate surface area is 96.9 Å². The molecule has 0 bridgehead atoms. The lowest BCUT2D eigenvalue weighted by Gasteiger charge is -2.30. The molecule has 2 N–H and O–H groups in total. The maximum atomic E-state index is 12.0. The van der Waals surface area contributed by atoms with Crippen molar-refractivity contribution in [2.24, 2.45) is 11.3 Å². The van der Waals surface area contributed by atoms with Gasteiger partial charge in [0.2, 0.25) is 5.91 Å². The number of nitrogens with one attached hydrogen (secondary N) is 1. The van der Waals surface area contributed by atoms with Crippen LogP contribution in [-0.2, 0) is 4.79 Å². The fraction of sp³-hybridized carbons (Fsp3) is 0.769. The quantitative estimate of drug-likeness (QED) is 0.714. The molecule has 0 radical (unpaired) electrons. The van der Waals surface area contributed by atoms with E-state index < -0.39 is 0 Å². The van der Waals surface area contributed by atoms with Crippen LogP contribution in [0.25, 0.3) is 0 Å². The summed E-state index contributed by atoms with van der Waals surface area (Å²) in [5, 5.41) is 12.5. The first kappa shape index (κ1) is 11.6. The van der Waals surface area contributed by atoms with Gasteiger partial charge in [-0.1, -0.05) is 25.5 Å². The molecule has 2 atom stereocenters. The van der Waals surface area contributed by atoms with Gasteiger partial charge in [0.25, 0.3) is 0 Å². The van der Waals surface area contributed by atoms with E-state index in [1.54, 1.807) is 0 Å². The van der Waals surface area contributed by atoms with Gasteiger partial charge in [0, 0.05) is 17.4 Å². The number of aliphatic hydroxyl groups excluding tert-OH is 1. The summed E-state index contributed by atoms with van der Waals surface area (Å²) in [6.45, 7) is 2.23. The number of rotatable bonds is 3. The highest BCUT2D eigenvalue weighted by Gasteiger charge is 2.39. The monoisotopic (exact) mass is 223 g/mol. The SMILES string of the molecule is CC1(CO)CCCC1NC(=O)C1CC=CC1. The summed E-state index contributed by atoms with van der Waals surface area (Å²) in [7, 11) is 0. The molecule has 0 aromatic carbocycles. The minimum absolute atomic E-state index is 0.109. The van der Waals surface area contributed by atoms with Crippen molar-refractivity contribution in [2.75, 3.05) is 6.61 Å². The molecular weight excluding hydrogens is 202 g/mol. The summed E-state index contributed by atoms with van der Waals surface area (Å²) >= 11 is 0. The second-order valence-electron chi connectivity index (χ2n) is 5.41. The number of amides is 1. The standard InChI is InChI=1S/C13H21NO2/c1-13(9-15)8-4-7-11(13)14-12(16)10-5-2-3-6-10/h2-3,10-11,15H,4-9H2,1H3,(H,14,16). The molecule has 3 heteroatoms. The molecule has 90 valence electrons. The highest BCUT2D eigenvalue weighted by atomic mass is 16.3. The molecule has 1 saturated carbocycles. The fourth-order valence-corrected chi connectivity index (χ4v) is 2.79. The third kappa shape index (κ3) is 2.14. The van der Waals surface area contributed by atoms with Crippen molar-refractivity contribution in [2.45, 2.75) is 45.1 Å². The summed E-state index contributed by atoms with van der Waals surface area (Å²) in [5.74, 6) is 0.292. The summed E-state index contributed by atoms with van der Waals surface area (Å²) in [5.41, 5.74) is -0.109. The molecule has 0 aromatic heterocycles. The molecule has 2 rings (SSSR count). The minimum atomic E-state index is -0.109. The topological polar surface area (TPSA) is 49.3 Å². The average Bonchev–Trinajstić information content (AvgIpc) is 2.89. The van der Waals surface area contributed by atoms with Crippen molar-refractivity contribution in [3.8, 4) is 0 Å². The molecule has 0 spiro atoms. The number of allylic oxidation sites excluding steroid dienone is 2. The van der Waals surface area contributed by atoms with Crippen LogP contribution in [0.15, 0.2) is 12.2 Å². The van der Waals surface area contributed by atoms with E-state index >= 15 is 0 Å². The highest BCUT2D eigenvalue weighted by molar-refractivity contribution is 5.79. The minimum Gasteiger partial charge on any atom is -0.396 e. The Balaban J connectivity index is 1.91. The van der Waals surface area contributed by atoms with Crippen LogP contribution in [-0.4, -0.2) is 23.7 Å². The molecule has 16 heavy (non-hydrogen) atoms. The van der Waals surface area contributed by atoms with E-state index in [4.69, 9.17) is 0 Å². The van der Waals surface area contributed by atoms with Crippen molar-refractivity contribution in [3.05, 3.63) is 12.2 Å². The Morgan fingerprint density at radius 1 is 1.50 bits per heavy atom. The summed E-state index contributed by atoms with van der Waals surface area (Å²) < 4.78 is 0. The molecule has 1 amide bonds. The van der Waals surface area contributed by atoms with Gasteiger partial charge in [-0.25, -0.2) is 0 Å². The smallest absolute Gasteiger partial charge is 0.223 e. The van der Waals surface area contributed by atoms with Crippen molar-refractivity contribution in [1.82, 2.24) is 5.32 Å². The third-order valence-corrected chi connectivity index (χ3v) is 4.14. The third-order valence-electron chi connectivity index (χ3n) is 4.14. The zero-order valence-corrected chi connectivity index (χ0v) is 9.91. The van der Waals surface area contributed by atoms with E-state index in [0.717, 1.165) is 32.1 Å². The molecule has 0 heterocycles. The molecule has 2 aliphatic carbocycles. The van der Waals surface area contributed by atoms with Crippen LogP contribution < -0.4 is 5.32 Å². The highest BCUT2D eigenvalue weighted by Crippen LogP contribution is 2.37. The maximum Gasteiger partial charge on any atom is 0.223 e. The Hall–Kier alpha value is -0.830. The number of carbonyl (C=O) groups is 1. The summed E-state index contributed by atoms with van der Waals surface area (Å²) in [6, 6.07) is 0.158. The van der Waals surface area contributed by atoms with E-state index in [1.807, 2.05) is 0 Å². The van der Waals surface area contributed by atoms with Crippen LogP contribution >= 0.6 is 0 Å². The van der Waals surface area contributed by atoms with Gasteiger partial charge in [-0.2, -0.15) is 0 Å². The largest absolute Gasteiger partial charge is 0.396 e. The maximum absolute atomic E-state index is 12.0. The van der Waals surface area contributed by atoms with E-state index in [1.165, 1.54) is 0 Å². The predicted octanol–water partition coefficient (Wildman–Crippen LogP) is 1.62. The van der Waals surface area contributed by atoms with Gasteiger partial charge < -0.3 is 10.4 Å². The molecule has 0 saturated heterocycles. The number of hydrogen-bond acceptors (Lipinski definition) is 2. The molecular formula is C13H21NO2. The van der Waals surface area contributed by atoms with Gasteiger partial charge in [0.15, 0.2) is 0 Å². The normalized spacial score (nSPS) is 34.5. The van der Waals surface area contributed by atoms with Crippen molar-refractivity contribution in [1.29, 1.82) is 0 Å². The first-order chi connectivity index (χ1) is 7.65. The van der Waals surface area contributed by atoms with Gasteiger partial charge in [0.1, 0.15) is 0 Å². The van der Waals surface area contributed by atoms with Crippen LogP contribution in [0.3, 0.4) is 0 Å². The number of aliphatic hydroxyl groups is 1. The van der Waals surface area contributed by atoms with Crippen molar-refractivity contribution < 1.29 is 9.90 Å². The van der Waals surface area contributed by atoms with Gasteiger partial charge in [0.05, 0.1) is 6.61 Å². The fourth-order valence-electron chi connectivity index (χ4n) is 2.79. The molecule has 2 unspecified atom stereocenters. The van der Waals surface area contributed by atoms with Crippen LogP contribution in [0.1, 0.15) is 39.0 Å². The average molecular weight is 223 g/mol. The van der Waals surface area contributed by atoms with Crippen LogP contribution in [0.2, 0.25) is 0 Å². The van der Waals surface area contributed by atoms with Crippen molar-refractivity contribution >= 4 is 5.91 Å². The zero-order valence-electron chi connectivity index (χ0n) is 9.91. The Morgan fingerprint density at radius 2 is 2.19 bits per heavy atom. The lowest BCUT2D eigenvalue weighted by atomic mass is 9.85. The van der Waals surface area contributed by atoms with Crippen LogP contribution in [0.5, 0.6) is 0 Å². The van der Waals surface area contributed by atoms with Crippen LogP contribution in [0.4, 0.5) is 0 Å². The van der Waals surface area contributed by atoms with Gasteiger partial charge in [-0.3, -0.25) is 4.79 Å². The van der Waals surface area contributed by atoms with Gasteiger partial charge in [-0.05, 0) is 25.7 Å². The second kappa shape index (κ2) is 4.58. The first-order valence-corrected chi connectivity index (χ1v) is 6.22. The number of hydrogen-bond donors (Lipinski definition) is 2. The molecule has 0 aromatic rings. The molecule has 2 aliphatic rings. The van der Waals surface area contributed by atoms with E-state index in [9.17, 15) is 9.90 Å². The van der Waals surface area contributed by atoms with E-state index in [-0.39, 0.29) is 29.9 Å². The van der Waals surface area contributed by atoms with Gasteiger partial charge in [-0.15, -0.1) is 0 Å². The lowest BCUT2D eigenvalue weighted by Crippen LogP contribution is -2.46. The second-order valence-corrected chi connectivity index (χ2v) is 5.41. The first-order valence-electron chi connectivity index (χ1n) is 6.22. The van der Waals surface area contributed by atoms with Crippen LogP contribution in [0, 0.1) is 11.3 Å². The van der Waals surface area contributed by atoms with E-state index in [2.05, 4.69) is 24.4 Å². The molecule has 3 nitrogen and oxygen atoms in total. The van der Waals surface area contributed by atoms with E-state index in [0.29, 0.717) is 0 Å². The predicted molar refractivity (Wildman–Crippen MR) is 62.8 cm³/mol. The summed E-state index contributed by atoms with van der Waals surface area (Å²) in [4.78, 5) is 12.0. The number of carbonyl (C=O) groups excluding carboxylic acids is 1.